The van der Waals surface area contributed by atoms with Crippen LogP contribution in [0.1, 0.15) is 50.3 Å². The second-order valence-electron chi connectivity index (χ2n) is 8.38. The summed E-state index contributed by atoms with van der Waals surface area (Å²) in [6, 6.07) is 13.4. The highest BCUT2D eigenvalue weighted by molar-refractivity contribution is 5.67. The Labute approximate surface area is 185 Å². The zero-order chi connectivity index (χ0) is 22.1. The van der Waals surface area contributed by atoms with E-state index in [1.807, 2.05) is 48.0 Å². The van der Waals surface area contributed by atoms with Crippen molar-refractivity contribution < 1.29 is 4.52 Å². The van der Waals surface area contributed by atoms with Crippen molar-refractivity contribution in [2.75, 3.05) is 0 Å². The Hall–Kier alpha value is -3.58. The minimum absolute atomic E-state index is 0.0265. The maximum atomic E-state index is 12.4. The number of nitrogens with two attached hydrogens (primary N) is 1. The molecular formula is C25H25N5O2. The van der Waals surface area contributed by atoms with Crippen LogP contribution in [0.15, 0.2) is 70.4 Å². The minimum Gasteiger partial charge on any atom is -0.354 e. The molecule has 0 radical (unpaired) electrons. The number of nitrogens with zero attached hydrogens (tertiary/aromatic N) is 4. The summed E-state index contributed by atoms with van der Waals surface area (Å²) in [5.74, 6) is 0.532. The van der Waals surface area contributed by atoms with Crippen molar-refractivity contribution >= 4 is 0 Å². The molecule has 1 aliphatic rings. The Bertz CT molecular complexity index is 1300. The molecule has 1 fully saturated rings. The first-order chi connectivity index (χ1) is 15.6. The molecule has 1 unspecified atom stereocenters. The average molecular weight is 428 g/mol. The smallest absolute Gasteiger partial charge is 0.250 e. The summed E-state index contributed by atoms with van der Waals surface area (Å²) >= 11 is 0. The Kier molecular flexibility index (Phi) is 5.41. The number of aromatic nitrogens is 4. The van der Waals surface area contributed by atoms with Crippen LogP contribution >= 0.6 is 0 Å². The van der Waals surface area contributed by atoms with Gasteiger partial charge in [-0.25, -0.2) is 4.98 Å². The van der Waals surface area contributed by atoms with Gasteiger partial charge in [0, 0.05) is 41.5 Å². The maximum Gasteiger partial charge on any atom is 0.250 e. The fourth-order valence-corrected chi connectivity index (χ4v) is 4.26. The van der Waals surface area contributed by atoms with Gasteiger partial charge >= 0.3 is 0 Å². The van der Waals surface area contributed by atoms with Gasteiger partial charge in [-0.05, 0) is 37.5 Å². The molecule has 4 aromatic rings. The molecule has 2 N–H and O–H groups in total. The van der Waals surface area contributed by atoms with Gasteiger partial charge in [0.2, 0.25) is 0 Å². The predicted molar refractivity (Wildman–Crippen MR) is 123 cm³/mol. The van der Waals surface area contributed by atoms with Crippen molar-refractivity contribution in [2.24, 2.45) is 5.73 Å². The summed E-state index contributed by atoms with van der Waals surface area (Å²) in [5.41, 5.74) is 10.8. The second kappa shape index (κ2) is 8.51. The first-order valence-corrected chi connectivity index (χ1v) is 11.0. The SMILES string of the molecule is CC(N)c1cccc(-c2cc(-c3cncc(-c4ccc(=O)n(C5CCCC5)c4)n3)on2)c1. The van der Waals surface area contributed by atoms with Crippen LogP contribution in [-0.2, 0) is 0 Å². The molecule has 0 amide bonds. The van der Waals surface area contributed by atoms with E-state index in [0.717, 1.165) is 42.4 Å². The van der Waals surface area contributed by atoms with Crippen LogP contribution in [0.4, 0.5) is 0 Å². The van der Waals surface area contributed by atoms with Crippen LogP contribution in [0.3, 0.4) is 0 Å². The molecule has 3 heterocycles. The molecule has 5 rings (SSSR count). The lowest BCUT2D eigenvalue weighted by atomic mass is 10.0. The highest BCUT2D eigenvalue weighted by Crippen LogP contribution is 2.30. The van der Waals surface area contributed by atoms with E-state index in [2.05, 4.69) is 10.1 Å². The van der Waals surface area contributed by atoms with Gasteiger partial charge in [-0.3, -0.25) is 9.78 Å². The van der Waals surface area contributed by atoms with Crippen LogP contribution in [0, 0.1) is 0 Å². The van der Waals surface area contributed by atoms with Gasteiger partial charge in [0.25, 0.3) is 5.56 Å². The van der Waals surface area contributed by atoms with E-state index in [-0.39, 0.29) is 17.6 Å². The van der Waals surface area contributed by atoms with Crippen molar-refractivity contribution in [2.45, 2.75) is 44.7 Å². The summed E-state index contributed by atoms with van der Waals surface area (Å²) in [7, 11) is 0. The van der Waals surface area contributed by atoms with E-state index in [4.69, 9.17) is 15.2 Å². The van der Waals surface area contributed by atoms with Crippen LogP contribution in [0.5, 0.6) is 0 Å². The maximum absolute atomic E-state index is 12.4. The summed E-state index contributed by atoms with van der Waals surface area (Å²) in [6.45, 7) is 1.95. The van der Waals surface area contributed by atoms with Gasteiger partial charge in [-0.1, -0.05) is 36.2 Å². The molecule has 0 spiro atoms. The van der Waals surface area contributed by atoms with Gasteiger partial charge in [-0.15, -0.1) is 0 Å². The molecular weight excluding hydrogens is 402 g/mol. The van der Waals surface area contributed by atoms with E-state index in [1.54, 1.807) is 24.5 Å². The Balaban J connectivity index is 1.46. The van der Waals surface area contributed by atoms with E-state index in [0.29, 0.717) is 22.8 Å². The summed E-state index contributed by atoms with van der Waals surface area (Å²) in [5, 5.41) is 4.21. The van der Waals surface area contributed by atoms with Crippen molar-refractivity contribution in [1.29, 1.82) is 0 Å². The standard InChI is InChI=1S/C25H25N5O2/c1-16(26)17-5-4-6-18(11-17)21-12-24(32-29-21)23-14-27-13-22(28-23)19-9-10-25(31)30(15-19)20-7-2-3-8-20/h4-6,9-16,20H,2-3,7-8,26H2,1H3. The Morgan fingerprint density at radius 2 is 1.84 bits per heavy atom. The molecule has 0 saturated heterocycles. The van der Waals surface area contributed by atoms with Crippen molar-refractivity contribution in [3.63, 3.8) is 0 Å². The topological polar surface area (TPSA) is 99.8 Å². The summed E-state index contributed by atoms with van der Waals surface area (Å²) < 4.78 is 7.42. The molecule has 1 aliphatic carbocycles. The third-order valence-electron chi connectivity index (χ3n) is 6.06. The van der Waals surface area contributed by atoms with E-state index < -0.39 is 0 Å². The lowest BCUT2D eigenvalue weighted by molar-refractivity contribution is 0.433. The molecule has 162 valence electrons. The zero-order valence-electron chi connectivity index (χ0n) is 17.9. The molecule has 1 saturated carbocycles. The average Bonchev–Trinajstić information content (AvgIpc) is 3.52. The highest BCUT2D eigenvalue weighted by atomic mass is 16.5. The normalized spacial score (nSPS) is 15.2. The molecule has 0 bridgehead atoms. The van der Waals surface area contributed by atoms with E-state index >= 15 is 0 Å². The number of hydrogen-bond donors (Lipinski definition) is 1. The quantitative estimate of drug-likeness (QED) is 0.493. The van der Waals surface area contributed by atoms with Crippen LogP contribution < -0.4 is 11.3 Å². The number of pyridine rings is 1. The fourth-order valence-electron chi connectivity index (χ4n) is 4.26. The van der Waals surface area contributed by atoms with Gasteiger partial charge in [0.05, 0.1) is 18.1 Å². The molecule has 7 heteroatoms. The number of benzene rings is 1. The van der Waals surface area contributed by atoms with Crippen LogP contribution in [0.2, 0.25) is 0 Å². The first kappa shape index (κ1) is 20.3. The second-order valence-corrected chi connectivity index (χ2v) is 8.38. The third kappa shape index (κ3) is 3.99. The predicted octanol–water partition coefficient (Wildman–Crippen LogP) is 4.76. The lowest BCUT2D eigenvalue weighted by Gasteiger charge is -2.14. The number of hydrogen-bond acceptors (Lipinski definition) is 6. The fraction of sp³-hybridized carbons (Fsp3) is 0.280. The number of rotatable bonds is 5. The Morgan fingerprint density at radius 3 is 2.66 bits per heavy atom. The van der Waals surface area contributed by atoms with E-state index in [1.165, 1.54) is 0 Å². The van der Waals surface area contributed by atoms with Crippen molar-refractivity contribution in [3.05, 3.63) is 77.0 Å². The molecule has 0 aliphatic heterocycles. The van der Waals surface area contributed by atoms with Gasteiger partial charge in [0.1, 0.15) is 11.4 Å². The van der Waals surface area contributed by atoms with Crippen molar-refractivity contribution in [3.8, 4) is 34.0 Å². The van der Waals surface area contributed by atoms with Crippen LogP contribution in [0.25, 0.3) is 34.0 Å². The van der Waals surface area contributed by atoms with Crippen LogP contribution in [-0.4, -0.2) is 19.7 Å². The van der Waals surface area contributed by atoms with Gasteiger partial charge in [-0.2, -0.15) is 0 Å². The molecule has 1 atom stereocenters. The Morgan fingerprint density at radius 1 is 1.03 bits per heavy atom. The van der Waals surface area contributed by atoms with Gasteiger partial charge in [0.15, 0.2) is 5.76 Å². The first-order valence-electron chi connectivity index (χ1n) is 11.0. The van der Waals surface area contributed by atoms with Gasteiger partial charge < -0.3 is 14.8 Å². The molecule has 32 heavy (non-hydrogen) atoms. The monoisotopic (exact) mass is 427 g/mol. The highest BCUT2D eigenvalue weighted by Gasteiger charge is 2.19. The largest absolute Gasteiger partial charge is 0.354 e. The molecule has 7 nitrogen and oxygen atoms in total. The minimum atomic E-state index is -0.0589. The zero-order valence-corrected chi connectivity index (χ0v) is 17.9. The summed E-state index contributed by atoms with van der Waals surface area (Å²) in [6.07, 6.45) is 9.66. The lowest BCUT2D eigenvalue weighted by Crippen LogP contribution is -2.22. The molecule has 3 aromatic heterocycles. The van der Waals surface area contributed by atoms with E-state index in [9.17, 15) is 4.79 Å². The molecule has 1 aromatic carbocycles. The summed E-state index contributed by atoms with van der Waals surface area (Å²) in [4.78, 5) is 21.5. The van der Waals surface area contributed by atoms with Crippen molar-refractivity contribution in [1.82, 2.24) is 19.7 Å². The third-order valence-corrected chi connectivity index (χ3v) is 6.06.